The Balaban J connectivity index is 2.44. The summed E-state index contributed by atoms with van der Waals surface area (Å²) in [5, 5.41) is 10.3. The van der Waals surface area contributed by atoms with Crippen LogP contribution in [0.3, 0.4) is 0 Å². The van der Waals surface area contributed by atoms with Gasteiger partial charge < -0.3 is 14.7 Å². The Labute approximate surface area is 129 Å². The van der Waals surface area contributed by atoms with Crippen molar-refractivity contribution in [2.75, 3.05) is 26.2 Å². The first kappa shape index (κ1) is 18.0. The average Bonchev–Trinajstić information content (AvgIpc) is 2.51. The largest absolute Gasteiger partial charge is 0.494 e. The molecule has 1 N–H and O–H groups in total. The van der Waals surface area contributed by atoms with Gasteiger partial charge in [-0.15, -0.1) is 0 Å². The number of aliphatic hydroxyl groups excluding tert-OH is 1. The van der Waals surface area contributed by atoms with Gasteiger partial charge in [0, 0.05) is 6.54 Å². The molecule has 0 heterocycles. The SMILES string of the molecule is CCCOc1ccc(C(O)CCN(CCC)CCC)cc1. The molecule has 1 rings (SSSR count). The normalized spacial score (nSPS) is 12.6. The van der Waals surface area contributed by atoms with Crippen molar-refractivity contribution in [3.8, 4) is 5.75 Å². The van der Waals surface area contributed by atoms with Crippen LogP contribution in [-0.2, 0) is 0 Å². The van der Waals surface area contributed by atoms with E-state index in [4.69, 9.17) is 4.74 Å². The van der Waals surface area contributed by atoms with E-state index < -0.39 is 0 Å². The molecule has 0 aliphatic heterocycles. The predicted molar refractivity (Wildman–Crippen MR) is 88.8 cm³/mol. The second-order valence-electron chi connectivity index (χ2n) is 5.56. The van der Waals surface area contributed by atoms with Crippen molar-refractivity contribution < 1.29 is 9.84 Å². The van der Waals surface area contributed by atoms with Crippen molar-refractivity contribution in [1.82, 2.24) is 4.90 Å². The summed E-state index contributed by atoms with van der Waals surface area (Å²) in [7, 11) is 0. The molecule has 0 saturated carbocycles. The fraction of sp³-hybridized carbons (Fsp3) is 0.667. The Morgan fingerprint density at radius 1 is 0.952 bits per heavy atom. The Morgan fingerprint density at radius 3 is 2.10 bits per heavy atom. The fourth-order valence-electron chi connectivity index (χ4n) is 2.45. The fourth-order valence-corrected chi connectivity index (χ4v) is 2.45. The van der Waals surface area contributed by atoms with E-state index in [2.05, 4.69) is 25.7 Å². The second-order valence-corrected chi connectivity index (χ2v) is 5.56. The lowest BCUT2D eigenvalue weighted by Crippen LogP contribution is -2.27. The monoisotopic (exact) mass is 293 g/mol. The molecule has 0 aromatic heterocycles. The van der Waals surface area contributed by atoms with Crippen molar-refractivity contribution in [3.05, 3.63) is 29.8 Å². The molecule has 0 fully saturated rings. The van der Waals surface area contributed by atoms with Crippen molar-refractivity contribution in [2.24, 2.45) is 0 Å². The molecule has 21 heavy (non-hydrogen) atoms. The van der Waals surface area contributed by atoms with Gasteiger partial charge in [-0.3, -0.25) is 0 Å². The van der Waals surface area contributed by atoms with E-state index in [1.807, 2.05) is 24.3 Å². The van der Waals surface area contributed by atoms with Gasteiger partial charge in [0.25, 0.3) is 0 Å². The summed E-state index contributed by atoms with van der Waals surface area (Å²) >= 11 is 0. The minimum absolute atomic E-state index is 0.388. The molecule has 1 unspecified atom stereocenters. The summed E-state index contributed by atoms with van der Waals surface area (Å²) in [5.41, 5.74) is 0.979. The quantitative estimate of drug-likeness (QED) is 0.669. The van der Waals surface area contributed by atoms with Crippen LogP contribution in [0.2, 0.25) is 0 Å². The number of hydrogen-bond acceptors (Lipinski definition) is 3. The zero-order chi connectivity index (χ0) is 15.5. The number of rotatable bonds is 11. The van der Waals surface area contributed by atoms with Crippen molar-refractivity contribution >= 4 is 0 Å². The van der Waals surface area contributed by atoms with E-state index in [0.717, 1.165) is 50.4 Å². The molecule has 120 valence electrons. The van der Waals surface area contributed by atoms with Gasteiger partial charge in [-0.25, -0.2) is 0 Å². The molecule has 1 aromatic carbocycles. The first-order chi connectivity index (χ1) is 10.2. The molecular formula is C18H31NO2. The van der Waals surface area contributed by atoms with E-state index in [9.17, 15) is 5.11 Å². The number of hydrogen-bond donors (Lipinski definition) is 1. The highest BCUT2D eigenvalue weighted by atomic mass is 16.5. The van der Waals surface area contributed by atoms with Crippen LogP contribution in [-0.4, -0.2) is 36.2 Å². The van der Waals surface area contributed by atoms with Crippen molar-refractivity contribution in [3.63, 3.8) is 0 Å². The van der Waals surface area contributed by atoms with Gasteiger partial charge in [0.15, 0.2) is 0 Å². The van der Waals surface area contributed by atoms with Crippen molar-refractivity contribution in [2.45, 2.75) is 52.6 Å². The van der Waals surface area contributed by atoms with Gasteiger partial charge >= 0.3 is 0 Å². The van der Waals surface area contributed by atoms with Gasteiger partial charge in [-0.05, 0) is 56.5 Å². The summed E-state index contributed by atoms with van der Waals surface area (Å²) < 4.78 is 5.56. The van der Waals surface area contributed by atoms with Crippen molar-refractivity contribution in [1.29, 1.82) is 0 Å². The van der Waals surface area contributed by atoms with Crippen LogP contribution in [0.1, 0.15) is 58.1 Å². The Kier molecular flexibility index (Phi) is 9.11. The molecule has 0 spiro atoms. The van der Waals surface area contributed by atoms with E-state index in [-0.39, 0.29) is 6.10 Å². The first-order valence-corrected chi connectivity index (χ1v) is 8.34. The van der Waals surface area contributed by atoms with Gasteiger partial charge in [0.2, 0.25) is 0 Å². The molecular weight excluding hydrogens is 262 g/mol. The molecule has 0 saturated heterocycles. The molecule has 0 amide bonds. The topological polar surface area (TPSA) is 32.7 Å². The van der Waals surface area contributed by atoms with E-state index in [0.29, 0.717) is 0 Å². The lowest BCUT2D eigenvalue weighted by molar-refractivity contribution is 0.141. The smallest absolute Gasteiger partial charge is 0.119 e. The van der Waals surface area contributed by atoms with Crippen LogP contribution in [0.4, 0.5) is 0 Å². The minimum Gasteiger partial charge on any atom is -0.494 e. The minimum atomic E-state index is -0.388. The van der Waals surface area contributed by atoms with Gasteiger partial charge in [-0.2, -0.15) is 0 Å². The molecule has 0 radical (unpaired) electrons. The third-order valence-electron chi connectivity index (χ3n) is 3.54. The molecule has 3 nitrogen and oxygen atoms in total. The molecule has 0 aliphatic rings. The zero-order valence-corrected chi connectivity index (χ0v) is 13.8. The molecule has 1 aromatic rings. The number of aliphatic hydroxyl groups is 1. The van der Waals surface area contributed by atoms with Crippen LogP contribution >= 0.6 is 0 Å². The molecule has 3 heteroatoms. The Bertz CT molecular complexity index is 358. The lowest BCUT2D eigenvalue weighted by atomic mass is 10.1. The van der Waals surface area contributed by atoms with Gasteiger partial charge in [0.1, 0.15) is 5.75 Å². The summed E-state index contributed by atoms with van der Waals surface area (Å²) in [4.78, 5) is 2.43. The molecule has 0 aliphatic carbocycles. The summed E-state index contributed by atoms with van der Waals surface area (Å²) in [5.74, 6) is 0.881. The number of nitrogens with zero attached hydrogens (tertiary/aromatic N) is 1. The van der Waals surface area contributed by atoms with Crippen LogP contribution in [0.5, 0.6) is 5.75 Å². The maximum Gasteiger partial charge on any atom is 0.119 e. The maximum absolute atomic E-state index is 10.3. The van der Waals surface area contributed by atoms with E-state index >= 15 is 0 Å². The summed E-state index contributed by atoms with van der Waals surface area (Å²) in [6.07, 6.45) is 3.74. The highest BCUT2D eigenvalue weighted by Crippen LogP contribution is 2.20. The Morgan fingerprint density at radius 2 is 1.57 bits per heavy atom. The van der Waals surface area contributed by atoms with Crippen LogP contribution in [0, 0.1) is 0 Å². The van der Waals surface area contributed by atoms with E-state index in [1.54, 1.807) is 0 Å². The maximum atomic E-state index is 10.3. The van der Waals surface area contributed by atoms with Crippen LogP contribution in [0.25, 0.3) is 0 Å². The van der Waals surface area contributed by atoms with E-state index in [1.165, 1.54) is 12.8 Å². The average molecular weight is 293 g/mol. The third-order valence-corrected chi connectivity index (χ3v) is 3.54. The standard InChI is InChI=1S/C18H31NO2/c1-4-12-19(13-5-2)14-11-18(20)16-7-9-17(10-8-16)21-15-6-3/h7-10,18,20H,4-6,11-15H2,1-3H3. The third kappa shape index (κ3) is 6.96. The lowest BCUT2D eigenvalue weighted by Gasteiger charge is -2.22. The number of ether oxygens (including phenoxy) is 1. The predicted octanol–water partition coefficient (Wildman–Crippen LogP) is 4.02. The van der Waals surface area contributed by atoms with Gasteiger partial charge in [-0.1, -0.05) is 32.9 Å². The van der Waals surface area contributed by atoms with Crippen LogP contribution < -0.4 is 4.74 Å². The summed E-state index contributed by atoms with van der Waals surface area (Å²) in [6, 6.07) is 7.84. The Hall–Kier alpha value is -1.06. The second kappa shape index (κ2) is 10.6. The van der Waals surface area contributed by atoms with Gasteiger partial charge in [0.05, 0.1) is 12.7 Å². The molecule has 1 atom stereocenters. The molecule has 0 bridgehead atoms. The first-order valence-electron chi connectivity index (χ1n) is 8.34. The summed E-state index contributed by atoms with van der Waals surface area (Å²) in [6.45, 7) is 10.4. The highest BCUT2D eigenvalue weighted by Gasteiger charge is 2.10. The number of benzene rings is 1. The highest BCUT2D eigenvalue weighted by molar-refractivity contribution is 5.28. The zero-order valence-electron chi connectivity index (χ0n) is 13.8. The van der Waals surface area contributed by atoms with Crippen LogP contribution in [0.15, 0.2) is 24.3 Å².